The van der Waals surface area contributed by atoms with E-state index in [0.29, 0.717) is 13.2 Å². The summed E-state index contributed by atoms with van der Waals surface area (Å²) in [4.78, 5) is 4.27. The van der Waals surface area contributed by atoms with Crippen molar-refractivity contribution in [3.05, 3.63) is 23.9 Å². The molecule has 16 heavy (non-hydrogen) atoms. The predicted molar refractivity (Wildman–Crippen MR) is 64.5 cm³/mol. The van der Waals surface area contributed by atoms with Gasteiger partial charge in [0.2, 0.25) is 0 Å². The molecule has 0 fully saturated rings. The van der Waals surface area contributed by atoms with Crippen LogP contribution in [0.25, 0.3) is 0 Å². The number of hydrogen-bond acceptors (Lipinski definition) is 4. The van der Waals surface area contributed by atoms with Crippen LogP contribution in [0.4, 0.5) is 5.82 Å². The molecule has 1 atom stereocenters. The van der Waals surface area contributed by atoms with E-state index in [-0.39, 0.29) is 6.10 Å². The normalized spacial score (nSPS) is 12.4. The Labute approximate surface area is 97.0 Å². The number of nitrogens with one attached hydrogen (secondary N) is 1. The van der Waals surface area contributed by atoms with Crippen molar-refractivity contribution in [1.29, 1.82) is 0 Å². The molecular weight excluding hydrogens is 204 g/mol. The van der Waals surface area contributed by atoms with Gasteiger partial charge in [-0.2, -0.15) is 0 Å². The van der Waals surface area contributed by atoms with Crippen LogP contribution in [0.2, 0.25) is 0 Å². The summed E-state index contributed by atoms with van der Waals surface area (Å²) < 4.78 is 10.7. The van der Waals surface area contributed by atoms with Crippen LogP contribution >= 0.6 is 0 Å². The highest BCUT2D eigenvalue weighted by Crippen LogP contribution is 2.13. The Morgan fingerprint density at radius 2 is 2.31 bits per heavy atom. The minimum absolute atomic E-state index is 0.0969. The summed E-state index contributed by atoms with van der Waals surface area (Å²) in [5.41, 5.74) is 1.08. The SMILES string of the molecule is CCNc1ncccc1COC(C)COC. The molecule has 1 aromatic rings. The first-order valence-electron chi connectivity index (χ1n) is 5.56. The summed E-state index contributed by atoms with van der Waals surface area (Å²) >= 11 is 0. The highest BCUT2D eigenvalue weighted by Gasteiger charge is 2.05. The number of hydrogen-bond donors (Lipinski definition) is 1. The average Bonchev–Trinajstić information content (AvgIpc) is 2.29. The zero-order valence-corrected chi connectivity index (χ0v) is 10.2. The second-order valence-electron chi connectivity index (χ2n) is 3.62. The van der Waals surface area contributed by atoms with Crippen LogP contribution in [-0.4, -0.2) is 31.3 Å². The molecule has 1 rings (SSSR count). The molecule has 0 saturated heterocycles. The van der Waals surface area contributed by atoms with E-state index in [1.807, 2.05) is 26.0 Å². The molecule has 0 aliphatic heterocycles. The maximum Gasteiger partial charge on any atom is 0.131 e. The maximum absolute atomic E-state index is 5.65. The molecule has 1 aromatic heterocycles. The van der Waals surface area contributed by atoms with Crippen LogP contribution in [0.3, 0.4) is 0 Å². The molecule has 1 unspecified atom stereocenters. The second kappa shape index (κ2) is 7.19. The van der Waals surface area contributed by atoms with Crippen molar-refractivity contribution < 1.29 is 9.47 Å². The first-order chi connectivity index (χ1) is 7.77. The maximum atomic E-state index is 5.65. The highest BCUT2D eigenvalue weighted by atomic mass is 16.5. The van der Waals surface area contributed by atoms with E-state index in [1.165, 1.54) is 0 Å². The molecule has 0 radical (unpaired) electrons. The number of rotatable bonds is 7. The van der Waals surface area contributed by atoms with Crippen LogP contribution < -0.4 is 5.32 Å². The summed E-state index contributed by atoms with van der Waals surface area (Å²) in [6, 6.07) is 3.94. The van der Waals surface area contributed by atoms with Crippen molar-refractivity contribution in [2.24, 2.45) is 0 Å². The molecule has 0 spiro atoms. The van der Waals surface area contributed by atoms with Crippen molar-refractivity contribution in [2.45, 2.75) is 26.6 Å². The van der Waals surface area contributed by atoms with Gasteiger partial charge in [-0.05, 0) is 19.9 Å². The van der Waals surface area contributed by atoms with E-state index in [4.69, 9.17) is 9.47 Å². The topological polar surface area (TPSA) is 43.4 Å². The van der Waals surface area contributed by atoms with Crippen LogP contribution in [-0.2, 0) is 16.1 Å². The molecule has 1 heterocycles. The van der Waals surface area contributed by atoms with Crippen molar-refractivity contribution in [1.82, 2.24) is 4.98 Å². The number of methoxy groups -OCH3 is 1. The number of ether oxygens (including phenoxy) is 2. The van der Waals surface area contributed by atoms with Gasteiger partial charge in [0.15, 0.2) is 0 Å². The molecule has 0 saturated carbocycles. The lowest BCUT2D eigenvalue weighted by atomic mass is 10.2. The van der Waals surface area contributed by atoms with E-state index in [1.54, 1.807) is 13.3 Å². The van der Waals surface area contributed by atoms with Crippen LogP contribution in [0.5, 0.6) is 0 Å². The minimum Gasteiger partial charge on any atom is -0.382 e. The van der Waals surface area contributed by atoms with Gasteiger partial charge in [0.05, 0.1) is 19.3 Å². The lowest BCUT2D eigenvalue weighted by Gasteiger charge is -2.14. The molecule has 90 valence electrons. The zero-order valence-electron chi connectivity index (χ0n) is 10.2. The van der Waals surface area contributed by atoms with Gasteiger partial charge in [0, 0.05) is 25.4 Å². The molecule has 0 aliphatic rings. The molecule has 0 amide bonds. The Kier molecular flexibility index (Phi) is 5.82. The first kappa shape index (κ1) is 12.9. The van der Waals surface area contributed by atoms with Crippen molar-refractivity contribution >= 4 is 5.82 Å². The Bertz CT molecular complexity index is 305. The number of pyridine rings is 1. The van der Waals surface area contributed by atoms with Gasteiger partial charge in [0.25, 0.3) is 0 Å². The third kappa shape index (κ3) is 4.16. The smallest absolute Gasteiger partial charge is 0.131 e. The van der Waals surface area contributed by atoms with E-state index < -0.39 is 0 Å². The van der Waals surface area contributed by atoms with Gasteiger partial charge in [-0.25, -0.2) is 4.98 Å². The van der Waals surface area contributed by atoms with Crippen molar-refractivity contribution in [3.8, 4) is 0 Å². The van der Waals surface area contributed by atoms with Crippen LogP contribution in [0.1, 0.15) is 19.4 Å². The monoisotopic (exact) mass is 224 g/mol. The van der Waals surface area contributed by atoms with E-state index in [9.17, 15) is 0 Å². The van der Waals surface area contributed by atoms with Crippen LogP contribution in [0.15, 0.2) is 18.3 Å². The minimum atomic E-state index is 0.0969. The van der Waals surface area contributed by atoms with Gasteiger partial charge >= 0.3 is 0 Å². The molecule has 0 bridgehead atoms. The molecule has 1 N–H and O–H groups in total. The number of nitrogens with zero attached hydrogens (tertiary/aromatic N) is 1. The molecule has 4 heteroatoms. The van der Waals surface area contributed by atoms with Gasteiger partial charge in [0.1, 0.15) is 5.82 Å². The van der Waals surface area contributed by atoms with Crippen LogP contribution in [0, 0.1) is 0 Å². The molecule has 0 aromatic carbocycles. The first-order valence-corrected chi connectivity index (χ1v) is 5.56. The summed E-state index contributed by atoms with van der Waals surface area (Å²) in [6.45, 7) is 6.06. The third-order valence-corrected chi connectivity index (χ3v) is 2.16. The summed E-state index contributed by atoms with van der Waals surface area (Å²) in [5, 5.41) is 3.21. The standard InChI is InChI=1S/C12H20N2O2/c1-4-13-12-11(6-5-7-14-12)9-16-10(2)8-15-3/h5-7,10H,4,8-9H2,1-3H3,(H,13,14). The Morgan fingerprint density at radius 1 is 1.50 bits per heavy atom. The summed E-state index contributed by atoms with van der Waals surface area (Å²) in [5.74, 6) is 0.898. The zero-order chi connectivity index (χ0) is 11.8. The highest BCUT2D eigenvalue weighted by molar-refractivity contribution is 5.42. The Hall–Kier alpha value is -1.13. The Balaban J connectivity index is 2.52. The van der Waals surface area contributed by atoms with Gasteiger partial charge < -0.3 is 14.8 Å². The van der Waals surface area contributed by atoms with Gasteiger partial charge in [-0.1, -0.05) is 6.07 Å². The number of aromatic nitrogens is 1. The van der Waals surface area contributed by atoms with Crippen molar-refractivity contribution in [2.75, 3.05) is 25.6 Å². The fourth-order valence-corrected chi connectivity index (χ4v) is 1.40. The second-order valence-corrected chi connectivity index (χ2v) is 3.62. The molecular formula is C12H20N2O2. The van der Waals surface area contributed by atoms with E-state index >= 15 is 0 Å². The quantitative estimate of drug-likeness (QED) is 0.770. The van der Waals surface area contributed by atoms with Gasteiger partial charge in [-0.3, -0.25) is 0 Å². The largest absolute Gasteiger partial charge is 0.382 e. The Morgan fingerprint density at radius 3 is 3.00 bits per heavy atom. The van der Waals surface area contributed by atoms with E-state index in [2.05, 4.69) is 10.3 Å². The fourth-order valence-electron chi connectivity index (χ4n) is 1.40. The molecule has 0 aliphatic carbocycles. The van der Waals surface area contributed by atoms with Crippen molar-refractivity contribution in [3.63, 3.8) is 0 Å². The van der Waals surface area contributed by atoms with Gasteiger partial charge in [-0.15, -0.1) is 0 Å². The summed E-state index contributed by atoms with van der Waals surface area (Å²) in [7, 11) is 1.67. The predicted octanol–water partition coefficient (Wildman–Crippen LogP) is 2.06. The third-order valence-electron chi connectivity index (χ3n) is 2.16. The lowest BCUT2D eigenvalue weighted by molar-refractivity contribution is -0.00000361. The number of anilines is 1. The lowest BCUT2D eigenvalue weighted by Crippen LogP contribution is -2.15. The summed E-state index contributed by atoms with van der Waals surface area (Å²) in [6.07, 6.45) is 1.87. The molecule has 4 nitrogen and oxygen atoms in total. The average molecular weight is 224 g/mol. The van der Waals surface area contributed by atoms with E-state index in [0.717, 1.165) is 17.9 Å². The fraction of sp³-hybridized carbons (Fsp3) is 0.583.